The molecule has 0 atom stereocenters. The molecule has 2 aromatic rings. The highest BCUT2D eigenvalue weighted by Gasteiger charge is 2.08. The summed E-state index contributed by atoms with van der Waals surface area (Å²) < 4.78 is 8.29. The van der Waals surface area contributed by atoms with E-state index in [0.717, 1.165) is 25.7 Å². The number of hydrogen-bond donors (Lipinski definition) is 1. The number of nitrogens with one attached hydrogen (secondary N) is 1. The maximum atomic E-state index is 5.23. The first kappa shape index (κ1) is 16.0. The van der Waals surface area contributed by atoms with Crippen molar-refractivity contribution < 1.29 is 4.74 Å². The van der Waals surface area contributed by atoms with Gasteiger partial charge >= 0.3 is 0 Å². The molecule has 0 aromatic heterocycles. The second-order valence-corrected chi connectivity index (χ2v) is 6.92. The number of halogens is 3. The lowest BCUT2D eigenvalue weighted by Gasteiger charge is -2.14. The third-order valence-corrected chi connectivity index (χ3v) is 4.59. The van der Waals surface area contributed by atoms with Crippen molar-refractivity contribution in [1.29, 1.82) is 0 Å². The van der Waals surface area contributed by atoms with Gasteiger partial charge in [-0.1, -0.05) is 40.2 Å². The highest BCUT2D eigenvalue weighted by atomic mass is 79.9. The Balaban J connectivity index is 2.17. The largest absolute Gasteiger partial charge is 0.380 e. The van der Waals surface area contributed by atoms with Crippen LogP contribution in [0.2, 0.25) is 0 Å². The summed E-state index contributed by atoms with van der Waals surface area (Å²) in [7, 11) is 1.71. The number of methoxy groups -OCH3 is 1. The maximum absolute atomic E-state index is 5.23. The molecule has 0 saturated heterocycles. The third kappa shape index (κ3) is 4.07. The number of anilines is 1. The third-order valence-electron chi connectivity index (χ3n) is 2.88. The van der Waals surface area contributed by atoms with Gasteiger partial charge in [-0.05, 0) is 55.1 Å². The highest BCUT2D eigenvalue weighted by molar-refractivity contribution is 9.11. The predicted molar refractivity (Wildman–Crippen MR) is 94.0 cm³/mol. The molecule has 2 aromatic carbocycles. The van der Waals surface area contributed by atoms with E-state index >= 15 is 0 Å². The second kappa shape index (κ2) is 7.59. The fourth-order valence-corrected chi connectivity index (χ4v) is 4.46. The fourth-order valence-electron chi connectivity index (χ4n) is 1.92. The maximum Gasteiger partial charge on any atom is 0.0716 e. The molecule has 0 fully saturated rings. The lowest BCUT2D eigenvalue weighted by molar-refractivity contribution is 0.184. The van der Waals surface area contributed by atoms with E-state index in [1.165, 1.54) is 11.1 Å². The van der Waals surface area contributed by atoms with Crippen LogP contribution in [0.5, 0.6) is 0 Å². The monoisotopic (exact) mass is 461 g/mol. The summed E-state index contributed by atoms with van der Waals surface area (Å²) in [5, 5.41) is 3.45. The van der Waals surface area contributed by atoms with E-state index in [4.69, 9.17) is 4.74 Å². The van der Waals surface area contributed by atoms with Crippen LogP contribution in [0.1, 0.15) is 11.1 Å². The van der Waals surface area contributed by atoms with Gasteiger partial charge in [0.15, 0.2) is 0 Å². The summed E-state index contributed by atoms with van der Waals surface area (Å²) in [5.41, 5.74) is 3.48. The summed E-state index contributed by atoms with van der Waals surface area (Å²) in [4.78, 5) is 0. The van der Waals surface area contributed by atoms with E-state index in [-0.39, 0.29) is 0 Å². The van der Waals surface area contributed by atoms with Gasteiger partial charge in [0.25, 0.3) is 0 Å². The molecule has 0 heterocycles. The molecule has 106 valence electrons. The first-order chi connectivity index (χ1) is 9.61. The van der Waals surface area contributed by atoms with E-state index in [9.17, 15) is 0 Å². The first-order valence-electron chi connectivity index (χ1n) is 6.06. The van der Waals surface area contributed by atoms with Crippen molar-refractivity contribution in [2.24, 2.45) is 0 Å². The van der Waals surface area contributed by atoms with Crippen LogP contribution >= 0.6 is 47.8 Å². The van der Waals surface area contributed by atoms with Gasteiger partial charge in [0.2, 0.25) is 0 Å². The molecule has 0 spiro atoms. The second-order valence-electron chi connectivity index (χ2n) is 4.30. The number of benzene rings is 2. The summed E-state index contributed by atoms with van der Waals surface area (Å²) in [6.45, 7) is 1.37. The Morgan fingerprint density at radius 1 is 1.00 bits per heavy atom. The van der Waals surface area contributed by atoms with E-state index in [1.54, 1.807) is 7.11 Å². The Kier molecular flexibility index (Phi) is 6.08. The van der Waals surface area contributed by atoms with Gasteiger partial charge in [-0.3, -0.25) is 0 Å². The molecule has 5 heteroatoms. The molecule has 2 rings (SSSR count). The van der Waals surface area contributed by atoms with Crippen LogP contribution in [-0.2, 0) is 17.9 Å². The zero-order chi connectivity index (χ0) is 14.5. The average molecular weight is 464 g/mol. The minimum atomic E-state index is 0.626. The molecule has 2 nitrogen and oxygen atoms in total. The van der Waals surface area contributed by atoms with Crippen molar-refractivity contribution in [3.8, 4) is 0 Å². The zero-order valence-corrected chi connectivity index (χ0v) is 15.7. The molecule has 0 amide bonds. The quantitative estimate of drug-likeness (QED) is 0.611. The highest BCUT2D eigenvalue weighted by Crippen LogP contribution is 2.34. The topological polar surface area (TPSA) is 21.3 Å². The van der Waals surface area contributed by atoms with Crippen molar-refractivity contribution in [1.82, 2.24) is 0 Å². The van der Waals surface area contributed by atoms with Gasteiger partial charge in [0, 0.05) is 27.1 Å². The summed E-state index contributed by atoms with van der Waals surface area (Å²) in [5.74, 6) is 0. The van der Waals surface area contributed by atoms with E-state index in [2.05, 4.69) is 65.2 Å². The van der Waals surface area contributed by atoms with Gasteiger partial charge in [0.1, 0.15) is 0 Å². The molecule has 0 unspecified atom stereocenters. The van der Waals surface area contributed by atoms with E-state index in [0.29, 0.717) is 6.61 Å². The molecule has 1 N–H and O–H groups in total. The average Bonchev–Trinajstić information content (AvgIpc) is 2.39. The molecule has 0 saturated carbocycles. The summed E-state index contributed by atoms with van der Waals surface area (Å²) >= 11 is 10.6. The van der Waals surface area contributed by atoms with Crippen LogP contribution in [-0.4, -0.2) is 7.11 Å². The molecular formula is C15H14Br3NO. The first-order valence-corrected chi connectivity index (χ1v) is 8.44. The molecule has 0 aliphatic carbocycles. The van der Waals surface area contributed by atoms with Crippen LogP contribution in [0.15, 0.2) is 49.8 Å². The van der Waals surface area contributed by atoms with Crippen molar-refractivity contribution in [3.05, 3.63) is 60.9 Å². The van der Waals surface area contributed by atoms with Crippen molar-refractivity contribution in [2.45, 2.75) is 13.2 Å². The Bertz CT molecular complexity index is 578. The zero-order valence-electron chi connectivity index (χ0n) is 10.9. The minimum Gasteiger partial charge on any atom is -0.380 e. The summed E-state index contributed by atoms with van der Waals surface area (Å²) in [6, 6.07) is 12.3. The van der Waals surface area contributed by atoms with E-state index in [1.807, 2.05) is 24.3 Å². The normalized spacial score (nSPS) is 10.6. The molecular weight excluding hydrogens is 450 g/mol. The number of hydrogen-bond acceptors (Lipinski definition) is 2. The van der Waals surface area contributed by atoms with Crippen LogP contribution in [0.25, 0.3) is 0 Å². The lowest BCUT2D eigenvalue weighted by Crippen LogP contribution is -2.04. The molecule has 20 heavy (non-hydrogen) atoms. The van der Waals surface area contributed by atoms with Gasteiger partial charge in [0.05, 0.1) is 12.3 Å². The van der Waals surface area contributed by atoms with Crippen molar-refractivity contribution in [3.63, 3.8) is 0 Å². The Hall–Kier alpha value is -0.360. The van der Waals surface area contributed by atoms with Crippen LogP contribution in [0, 0.1) is 0 Å². The van der Waals surface area contributed by atoms with Gasteiger partial charge in [-0.25, -0.2) is 0 Å². The minimum absolute atomic E-state index is 0.626. The standard InChI is InChI=1S/C15H14Br3NO/c1-20-9-11-5-3-2-4-10(11)8-19-15-13(17)6-12(16)7-14(15)18/h2-7,19H,8-9H2,1H3. The SMILES string of the molecule is COCc1ccccc1CNc1c(Br)cc(Br)cc1Br. The molecule has 0 radical (unpaired) electrons. The van der Waals surface area contributed by atoms with Crippen LogP contribution < -0.4 is 5.32 Å². The Labute approximate surface area is 144 Å². The van der Waals surface area contributed by atoms with Gasteiger partial charge in [-0.2, -0.15) is 0 Å². The van der Waals surface area contributed by atoms with E-state index < -0.39 is 0 Å². The van der Waals surface area contributed by atoms with Gasteiger partial charge < -0.3 is 10.1 Å². The predicted octanol–water partition coefficient (Wildman–Crippen LogP) is 5.73. The Morgan fingerprint density at radius 2 is 1.60 bits per heavy atom. The summed E-state index contributed by atoms with van der Waals surface area (Å²) in [6.07, 6.45) is 0. The lowest BCUT2D eigenvalue weighted by atomic mass is 10.1. The van der Waals surface area contributed by atoms with Crippen LogP contribution in [0.4, 0.5) is 5.69 Å². The Morgan fingerprint density at radius 3 is 2.20 bits per heavy atom. The number of rotatable bonds is 5. The fraction of sp³-hybridized carbons (Fsp3) is 0.200. The number of ether oxygens (including phenoxy) is 1. The van der Waals surface area contributed by atoms with Gasteiger partial charge in [-0.15, -0.1) is 0 Å². The molecule has 0 aliphatic heterocycles. The van der Waals surface area contributed by atoms with Crippen molar-refractivity contribution in [2.75, 3.05) is 12.4 Å². The van der Waals surface area contributed by atoms with Crippen LogP contribution in [0.3, 0.4) is 0 Å². The smallest absolute Gasteiger partial charge is 0.0716 e. The molecule has 0 aliphatic rings. The van der Waals surface area contributed by atoms with Crippen molar-refractivity contribution >= 4 is 53.5 Å². The molecule has 0 bridgehead atoms.